The van der Waals surface area contributed by atoms with Gasteiger partial charge in [-0.3, -0.25) is 4.79 Å². The minimum atomic E-state index is -0.146. The molecule has 138 valence electrons. The van der Waals surface area contributed by atoms with Crippen LogP contribution in [0.1, 0.15) is 125 Å². The predicted molar refractivity (Wildman–Crippen MR) is 104 cm³/mol. The van der Waals surface area contributed by atoms with E-state index in [9.17, 15) is 4.79 Å². The lowest BCUT2D eigenvalue weighted by Gasteiger charge is -2.17. The zero-order valence-corrected chi connectivity index (χ0v) is 17.1. The summed E-state index contributed by atoms with van der Waals surface area (Å²) in [4.78, 5) is 11.8. The first-order valence-corrected chi connectivity index (χ1v) is 10.2. The predicted octanol–water partition coefficient (Wildman–Crippen LogP) is 7.72. The zero-order valence-electron chi connectivity index (χ0n) is 17.1. The molecule has 0 saturated heterocycles. The molecule has 0 atom stereocenters. The lowest BCUT2D eigenvalue weighted by Crippen LogP contribution is -2.19. The van der Waals surface area contributed by atoms with Gasteiger partial charge in [0, 0.05) is 11.8 Å². The molecule has 0 rings (SSSR count). The van der Waals surface area contributed by atoms with Crippen molar-refractivity contribution in [3.8, 4) is 0 Å². The molecule has 0 aliphatic carbocycles. The van der Waals surface area contributed by atoms with Gasteiger partial charge in [0.25, 0.3) is 0 Å². The third-order valence-corrected chi connectivity index (χ3v) is 4.67. The Balaban J connectivity index is 3.21. The fraction of sp³-hybridized carbons (Fsp3) is 0.955. The molecule has 0 radical (unpaired) electrons. The van der Waals surface area contributed by atoms with Gasteiger partial charge in [0.1, 0.15) is 5.78 Å². The first-order valence-electron chi connectivity index (χ1n) is 10.2. The van der Waals surface area contributed by atoms with E-state index in [1.54, 1.807) is 0 Å². The van der Waals surface area contributed by atoms with Gasteiger partial charge in [0.05, 0.1) is 0 Å². The summed E-state index contributed by atoms with van der Waals surface area (Å²) in [6, 6.07) is 0. The van der Waals surface area contributed by atoms with Gasteiger partial charge in [-0.1, -0.05) is 106 Å². The van der Waals surface area contributed by atoms with Crippen LogP contribution >= 0.6 is 0 Å². The molecular formula is C22H44O. The Morgan fingerprint density at radius 3 is 1.26 bits per heavy atom. The van der Waals surface area contributed by atoms with Crippen LogP contribution in [0, 0.1) is 10.8 Å². The Morgan fingerprint density at radius 2 is 0.913 bits per heavy atom. The Hall–Kier alpha value is -0.330. The van der Waals surface area contributed by atoms with Crippen molar-refractivity contribution in [2.45, 2.75) is 125 Å². The average Bonchev–Trinajstić information content (AvgIpc) is 2.41. The molecule has 0 spiro atoms. The van der Waals surface area contributed by atoms with Gasteiger partial charge in [-0.15, -0.1) is 0 Å². The van der Waals surface area contributed by atoms with Gasteiger partial charge in [-0.25, -0.2) is 0 Å². The van der Waals surface area contributed by atoms with Crippen molar-refractivity contribution >= 4 is 5.78 Å². The molecule has 0 unspecified atom stereocenters. The average molecular weight is 325 g/mol. The van der Waals surface area contributed by atoms with Gasteiger partial charge in [0.2, 0.25) is 0 Å². The fourth-order valence-electron chi connectivity index (χ4n) is 2.91. The van der Waals surface area contributed by atoms with E-state index >= 15 is 0 Å². The van der Waals surface area contributed by atoms with Crippen LogP contribution in [0.2, 0.25) is 0 Å². The monoisotopic (exact) mass is 324 g/mol. The van der Waals surface area contributed by atoms with Crippen molar-refractivity contribution in [2.75, 3.05) is 0 Å². The van der Waals surface area contributed by atoms with Crippen LogP contribution in [0.3, 0.4) is 0 Å². The molecule has 0 aromatic heterocycles. The number of hydrogen-bond donors (Lipinski definition) is 0. The Bertz CT molecular complexity index is 290. The maximum absolute atomic E-state index is 11.8. The highest BCUT2D eigenvalue weighted by atomic mass is 16.1. The molecule has 23 heavy (non-hydrogen) atoms. The quantitative estimate of drug-likeness (QED) is 0.317. The molecular weight excluding hydrogens is 280 g/mol. The topological polar surface area (TPSA) is 17.1 Å². The number of hydrogen-bond acceptors (Lipinski definition) is 1. The highest BCUT2D eigenvalue weighted by Gasteiger charge is 2.19. The van der Waals surface area contributed by atoms with Gasteiger partial charge in [-0.2, -0.15) is 0 Å². The molecule has 0 bridgehead atoms. The van der Waals surface area contributed by atoms with Crippen LogP contribution in [0.25, 0.3) is 0 Å². The second-order valence-corrected chi connectivity index (χ2v) is 9.62. The van der Waals surface area contributed by atoms with Crippen molar-refractivity contribution in [1.82, 2.24) is 0 Å². The Labute approximate surface area is 147 Å². The third kappa shape index (κ3) is 16.3. The van der Waals surface area contributed by atoms with Crippen LogP contribution in [0.15, 0.2) is 0 Å². The molecule has 0 saturated carbocycles. The van der Waals surface area contributed by atoms with E-state index in [0.717, 1.165) is 12.8 Å². The first-order chi connectivity index (χ1) is 10.6. The number of Topliss-reactive ketones (excluding diaryl/α,β-unsaturated/α-hetero) is 1. The lowest BCUT2D eigenvalue weighted by molar-refractivity contribution is -0.126. The molecule has 0 aliphatic rings. The van der Waals surface area contributed by atoms with Gasteiger partial charge in [0.15, 0.2) is 0 Å². The smallest absolute Gasteiger partial charge is 0.138 e. The van der Waals surface area contributed by atoms with E-state index in [1.165, 1.54) is 70.6 Å². The molecule has 0 aromatic rings. The van der Waals surface area contributed by atoms with Crippen molar-refractivity contribution in [3.05, 3.63) is 0 Å². The molecule has 0 aliphatic heterocycles. The van der Waals surface area contributed by atoms with Crippen molar-refractivity contribution in [3.63, 3.8) is 0 Å². The summed E-state index contributed by atoms with van der Waals surface area (Å²) in [5.41, 5.74) is 0.365. The summed E-state index contributed by atoms with van der Waals surface area (Å²) in [6.45, 7) is 13.1. The van der Waals surface area contributed by atoms with Gasteiger partial charge in [-0.05, 0) is 18.3 Å². The SMILES string of the molecule is CC(C)(C)CCCCCCCCCCCCCC(=O)C(C)(C)C. The van der Waals surface area contributed by atoms with Crippen LogP contribution in [0.5, 0.6) is 0 Å². The normalized spacial score (nSPS) is 12.6. The Morgan fingerprint density at radius 1 is 0.565 bits per heavy atom. The summed E-state index contributed by atoms with van der Waals surface area (Å²) in [5, 5.41) is 0. The summed E-state index contributed by atoms with van der Waals surface area (Å²) in [6.07, 6.45) is 17.0. The second kappa shape index (κ2) is 12.1. The van der Waals surface area contributed by atoms with Crippen LogP contribution in [-0.4, -0.2) is 5.78 Å². The van der Waals surface area contributed by atoms with Crippen molar-refractivity contribution < 1.29 is 4.79 Å². The van der Waals surface area contributed by atoms with Crippen molar-refractivity contribution in [2.24, 2.45) is 10.8 Å². The van der Waals surface area contributed by atoms with E-state index in [0.29, 0.717) is 11.2 Å². The minimum Gasteiger partial charge on any atom is -0.299 e. The number of carbonyl (C=O) groups is 1. The van der Waals surface area contributed by atoms with Crippen LogP contribution < -0.4 is 0 Å². The third-order valence-electron chi connectivity index (χ3n) is 4.67. The van der Waals surface area contributed by atoms with E-state index in [-0.39, 0.29) is 5.41 Å². The van der Waals surface area contributed by atoms with Crippen LogP contribution in [0.4, 0.5) is 0 Å². The fourth-order valence-corrected chi connectivity index (χ4v) is 2.91. The van der Waals surface area contributed by atoms with E-state index < -0.39 is 0 Å². The largest absolute Gasteiger partial charge is 0.299 e. The number of rotatable bonds is 13. The molecule has 0 N–H and O–H groups in total. The summed E-state index contributed by atoms with van der Waals surface area (Å²) < 4.78 is 0. The number of carbonyl (C=O) groups excluding carboxylic acids is 1. The molecule has 1 heteroatoms. The maximum atomic E-state index is 11.8. The number of unbranched alkanes of at least 4 members (excludes halogenated alkanes) is 10. The van der Waals surface area contributed by atoms with Gasteiger partial charge >= 0.3 is 0 Å². The van der Waals surface area contributed by atoms with E-state index in [1.807, 2.05) is 20.8 Å². The number of ketones is 1. The standard InChI is InChI=1S/C22H44O/c1-21(2,3)19-17-15-13-11-9-7-8-10-12-14-16-18-20(23)22(4,5)6/h7-19H2,1-6H3. The van der Waals surface area contributed by atoms with E-state index in [4.69, 9.17) is 0 Å². The van der Waals surface area contributed by atoms with E-state index in [2.05, 4.69) is 20.8 Å². The lowest BCUT2D eigenvalue weighted by atomic mass is 9.88. The van der Waals surface area contributed by atoms with Crippen molar-refractivity contribution in [1.29, 1.82) is 0 Å². The molecule has 0 heterocycles. The molecule has 0 amide bonds. The highest BCUT2D eigenvalue weighted by Crippen LogP contribution is 2.23. The summed E-state index contributed by atoms with van der Waals surface area (Å²) in [5.74, 6) is 0.420. The second-order valence-electron chi connectivity index (χ2n) is 9.62. The molecule has 0 fully saturated rings. The summed E-state index contributed by atoms with van der Waals surface area (Å²) >= 11 is 0. The molecule has 1 nitrogen and oxygen atoms in total. The maximum Gasteiger partial charge on any atom is 0.138 e. The molecule has 0 aromatic carbocycles. The zero-order chi connectivity index (χ0) is 17.8. The summed E-state index contributed by atoms with van der Waals surface area (Å²) in [7, 11) is 0. The van der Waals surface area contributed by atoms with Gasteiger partial charge < -0.3 is 0 Å². The Kier molecular flexibility index (Phi) is 11.9. The first kappa shape index (κ1) is 22.7. The minimum absolute atomic E-state index is 0.146. The van der Waals surface area contributed by atoms with Crippen LogP contribution in [-0.2, 0) is 4.79 Å². The highest BCUT2D eigenvalue weighted by molar-refractivity contribution is 5.83.